The first-order valence-electron chi connectivity index (χ1n) is 6.15. The maximum Gasteiger partial charge on any atom is 0.433 e. The summed E-state index contributed by atoms with van der Waals surface area (Å²) < 4.78 is 38.0. The van der Waals surface area contributed by atoms with Gasteiger partial charge in [-0.2, -0.15) is 13.2 Å². The molecule has 1 aliphatic rings. The fourth-order valence-electron chi connectivity index (χ4n) is 2.26. The Bertz CT molecular complexity index is 728. The van der Waals surface area contributed by atoms with Crippen molar-refractivity contribution in [3.05, 3.63) is 47.3 Å². The molecule has 0 unspecified atom stereocenters. The highest BCUT2D eigenvalue weighted by atomic mass is 19.4. The number of carbonyl (C=O) groups is 1. The molecule has 1 aromatic heterocycles. The minimum atomic E-state index is -4.51. The van der Waals surface area contributed by atoms with Crippen LogP contribution in [0.1, 0.15) is 21.6 Å². The quantitative estimate of drug-likeness (QED) is 0.812. The molecular weight excluding hydrogens is 283 g/mol. The summed E-state index contributed by atoms with van der Waals surface area (Å²) in [5.74, 6) is -0.101. The van der Waals surface area contributed by atoms with Crippen LogP contribution in [0.15, 0.2) is 30.5 Å². The molecule has 1 aromatic carbocycles. The van der Waals surface area contributed by atoms with Crippen molar-refractivity contribution in [1.29, 1.82) is 0 Å². The largest absolute Gasteiger partial charge is 0.433 e. The molecule has 1 amide bonds. The van der Waals surface area contributed by atoms with Crippen molar-refractivity contribution in [3.8, 4) is 11.4 Å². The Hall–Kier alpha value is -2.44. The van der Waals surface area contributed by atoms with Crippen LogP contribution in [0.3, 0.4) is 0 Å². The summed E-state index contributed by atoms with van der Waals surface area (Å²) in [6.07, 6.45) is -3.43. The Morgan fingerprint density at radius 2 is 2.00 bits per heavy atom. The molecule has 3 rings (SSSR count). The zero-order chi connectivity index (χ0) is 15.2. The van der Waals surface area contributed by atoms with Gasteiger partial charge >= 0.3 is 6.18 Å². The van der Waals surface area contributed by atoms with Crippen LogP contribution in [0.25, 0.3) is 11.4 Å². The van der Waals surface area contributed by atoms with E-state index in [1.165, 1.54) is 0 Å². The van der Waals surface area contributed by atoms with Crippen molar-refractivity contribution in [3.63, 3.8) is 0 Å². The van der Waals surface area contributed by atoms with Crippen LogP contribution in [0, 0.1) is 0 Å². The van der Waals surface area contributed by atoms with Gasteiger partial charge in [-0.3, -0.25) is 4.79 Å². The van der Waals surface area contributed by atoms with Crippen LogP contribution in [0.5, 0.6) is 0 Å². The number of nitrogens with zero attached hydrogens (tertiary/aromatic N) is 3. The zero-order valence-electron chi connectivity index (χ0n) is 11.0. The van der Waals surface area contributed by atoms with Crippen LogP contribution in [0.4, 0.5) is 13.2 Å². The lowest BCUT2D eigenvalue weighted by molar-refractivity contribution is -0.141. The molecule has 0 spiro atoms. The maximum absolute atomic E-state index is 12.7. The maximum atomic E-state index is 12.7. The molecule has 1 aliphatic heterocycles. The van der Waals surface area contributed by atoms with Gasteiger partial charge in [0.25, 0.3) is 5.91 Å². The second-order valence-corrected chi connectivity index (χ2v) is 4.80. The van der Waals surface area contributed by atoms with Crippen molar-refractivity contribution in [2.45, 2.75) is 12.7 Å². The van der Waals surface area contributed by atoms with E-state index in [1.807, 2.05) is 0 Å². The van der Waals surface area contributed by atoms with Gasteiger partial charge in [0.2, 0.25) is 0 Å². The van der Waals surface area contributed by atoms with Crippen molar-refractivity contribution in [1.82, 2.24) is 14.9 Å². The molecule has 0 atom stereocenters. The topological polar surface area (TPSA) is 46.1 Å². The number of amides is 1. The van der Waals surface area contributed by atoms with Crippen LogP contribution in [-0.2, 0) is 12.7 Å². The van der Waals surface area contributed by atoms with E-state index in [1.54, 1.807) is 30.1 Å². The van der Waals surface area contributed by atoms with E-state index in [4.69, 9.17) is 0 Å². The molecule has 0 fully saturated rings. The number of carbonyl (C=O) groups excluding carboxylic acids is 1. The molecule has 0 aliphatic carbocycles. The van der Waals surface area contributed by atoms with E-state index < -0.39 is 11.9 Å². The van der Waals surface area contributed by atoms with E-state index in [2.05, 4.69) is 9.97 Å². The fraction of sp³-hybridized carbons (Fsp3) is 0.214. The third kappa shape index (κ3) is 2.35. The molecule has 0 N–H and O–H groups in total. The third-order valence-electron chi connectivity index (χ3n) is 3.29. The summed E-state index contributed by atoms with van der Waals surface area (Å²) in [7, 11) is 1.67. The number of benzene rings is 1. The summed E-state index contributed by atoms with van der Waals surface area (Å²) in [6, 6.07) is 5.64. The highest BCUT2D eigenvalue weighted by molar-refractivity contribution is 5.98. The molecular formula is C14H10F3N3O. The first kappa shape index (κ1) is 13.5. The van der Waals surface area contributed by atoms with Crippen LogP contribution in [-0.4, -0.2) is 27.8 Å². The van der Waals surface area contributed by atoms with Gasteiger partial charge in [0.1, 0.15) is 5.69 Å². The van der Waals surface area contributed by atoms with E-state index in [0.717, 1.165) is 17.8 Å². The molecule has 2 heterocycles. The Morgan fingerprint density at radius 3 is 2.71 bits per heavy atom. The Balaban J connectivity index is 2.03. The van der Waals surface area contributed by atoms with E-state index in [9.17, 15) is 18.0 Å². The van der Waals surface area contributed by atoms with Gasteiger partial charge in [0.05, 0.1) is 0 Å². The summed E-state index contributed by atoms with van der Waals surface area (Å²) >= 11 is 0. The highest BCUT2D eigenvalue weighted by Gasteiger charge is 2.33. The molecule has 108 valence electrons. The first-order valence-corrected chi connectivity index (χ1v) is 6.15. The van der Waals surface area contributed by atoms with Crippen LogP contribution in [0.2, 0.25) is 0 Å². The predicted octanol–water partition coefficient (Wildman–Crippen LogP) is 2.75. The highest BCUT2D eigenvalue weighted by Crippen LogP contribution is 2.30. The summed E-state index contributed by atoms with van der Waals surface area (Å²) in [5, 5.41) is 0. The van der Waals surface area contributed by atoms with Gasteiger partial charge in [0.15, 0.2) is 5.82 Å². The third-order valence-corrected chi connectivity index (χ3v) is 3.29. The lowest BCUT2D eigenvalue weighted by atomic mass is 10.1. The first-order chi connectivity index (χ1) is 9.86. The predicted molar refractivity (Wildman–Crippen MR) is 68.3 cm³/mol. The van der Waals surface area contributed by atoms with Gasteiger partial charge in [0, 0.05) is 30.9 Å². The van der Waals surface area contributed by atoms with E-state index in [-0.39, 0.29) is 11.7 Å². The van der Waals surface area contributed by atoms with Crippen molar-refractivity contribution in [2.24, 2.45) is 0 Å². The molecule has 4 nitrogen and oxygen atoms in total. The summed E-state index contributed by atoms with van der Waals surface area (Å²) in [5.41, 5.74) is 0.804. The van der Waals surface area contributed by atoms with E-state index >= 15 is 0 Å². The second kappa shape index (κ2) is 4.54. The molecule has 0 radical (unpaired) electrons. The van der Waals surface area contributed by atoms with Gasteiger partial charge in [-0.05, 0) is 23.8 Å². The number of rotatable bonds is 1. The second-order valence-electron chi connectivity index (χ2n) is 4.80. The average molecular weight is 293 g/mol. The van der Waals surface area contributed by atoms with Crippen molar-refractivity contribution < 1.29 is 18.0 Å². The normalized spacial score (nSPS) is 14.5. The molecule has 0 saturated carbocycles. The van der Waals surface area contributed by atoms with Gasteiger partial charge in [-0.1, -0.05) is 6.07 Å². The van der Waals surface area contributed by atoms with Gasteiger partial charge in [-0.15, -0.1) is 0 Å². The van der Waals surface area contributed by atoms with Gasteiger partial charge < -0.3 is 4.90 Å². The standard InChI is InChI=1S/C14H10F3N3O/c1-20-7-9-6-8(2-3-10(9)13(20)21)12-18-5-4-11(19-12)14(15,16)17/h2-6H,7H2,1H3. The van der Waals surface area contributed by atoms with E-state index in [0.29, 0.717) is 17.7 Å². The Labute approximate surface area is 118 Å². The van der Waals surface area contributed by atoms with Crippen LogP contribution >= 0.6 is 0 Å². The Kier molecular flexibility index (Phi) is 2.93. The Morgan fingerprint density at radius 1 is 1.24 bits per heavy atom. The monoisotopic (exact) mass is 293 g/mol. The van der Waals surface area contributed by atoms with Crippen molar-refractivity contribution in [2.75, 3.05) is 7.05 Å². The summed E-state index contributed by atoms with van der Waals surface area (Å²) in [4.78, 5) is 20.7. The molecule has 21 heavy (non-hydrogen) atoms. The molecule has 7 heteroatoms. The number of alkyl halides is 3. The van der Waals surface area contributed by atoms with Crippen LogP contribution < -0.4 is 0 Å². The summed E-state index contributed by atoms with van der Waals surface area (Å²) in [6.45, 7) is 0.432. The zero-order valence-corrected chi connectivity index (χ0v) is 11.0. The number of aromatic nitrogens is 2. The number of fused-ring (bicyclic) bond motifs is 1. The van der Waals surface area contributed by atoms with Crippen molar-refractivity contribution >= 4 is 5.91 Å². The number of hydrogen-bond donors (Lipinski definition) is 0. The molecule has 2 aromatic rings. The fourth-order valence-corrected chi connectivity index (χ4v) is 2.26. The molecule has 0 bridgehead atoms. The minimum Gasteiger partial charge on any atom is -0.337 e. The number of halogens is 3. The SMILES string of the molecule is CN1Cc2cc(-c3nccc(C(F)(F)F)n3)ccc2C1=O. The smallest absolute Gasteiger partial charge is 0.337 e. The average Bonchev–Trinajstić information content (AvgIpc) is 2.73. The minimum absolute atomic E-state index is 0.00497. The lowest BCUT2D eigenvalue weighted by Gasteiger charge is -2.07. The molecule has 0 saturated heterocycles. The van der Waals surface area contributed by atoms with Gasteiger partial charge in [-0.25, -0.2) is 9.97 Å². The lowest BCUT2D eigenvalue weighted by Crippen LogP contribution is -2.17. The number of hydrogen-bond acceptors (Lipinski definition) is 3.